The van der Waals surface area contributed by atoms with Gasteiger partial charge in [0.1, 0.15) is 11.6 Å². The van der Waals surface area contributed by atoms with Crippen LogP contribution >= 0.6 is 0 Å². The van der Waals surface area contributed by atoms with Crippen molar-refractivity contribution < 1.29 is 9.13 Å². The minimum atomic E-state index is -0.189. The van der Waals surface area contributed by atoms with Crippen molar-refractivity contribution in [3.8, 4) is 5.75 Å². The van der Waals surface area contributed by atoms with E-state index in [4.69, 9.17) is 4.74 Å². The number of nitrogens with one attached hydrogen (secondary N) is 1. The lowest BCUT2D eigenvalue weighted by molar-refractivity contribution is 0.357. The van der Waals surface area contributed by atoms with E-state index in [1.54, 1.807) is 0 Å². The van der Waals surface area contributed by atoms with Crippen molar-refractivity contribution in [3.63, 3.8) is 0 Å². The van der Waals surface area contributed by atoms with Crippen molar-refractivity contribution in [2.24, 2.45) is 0 Å². The summed E-state index contributed by atoms with van der Waals surface area (Å²) in [5.41, 5.74) is 3.76. The van der Waals surface area contributed by atoms with Crippen LogP contribution in [0.2, 0.25) is 0 Å². The Kier molecular flexibility index (Phi) is 4.20. The molecule has 1 atom stereocenters. The molecule has 1 aliphatic rings. The molecule has 0 spiro atoms. The van der Waals surface area contributed by atoms with Crippen LogP contribution < -0.4 is 10.1 Å². The lowest BCUT2D eigenvalue weighted by Gasteiger charge is -2.14. The number of halogens is 1. The summed E-state index contributed by atoms with van der Waals surface area (Å²) in [5.74, 6) is 0.845. The Hall–Kier alpha value is -1.87. The van der Waals surface area contributed by atoms with Gasteiger partial charge in [0, 0.05) is 12.5 Å². The van der Waals surface area contributed by atoms with Crippen LogP contribution in [0.4, 0.5) is 4.39 Å². The van der Waals surface area contributed by atoms with Crippen molar-refractivity contribution in [1.82, 2.24) is 5.32 Å². The van der Waals surface area contributed by atoms with Crippen LogP contribution in [-0.2, 0) is 12.8 Å². The highest BCUT2D eigenvalue weighted by molar-refractivity contribution is 5.39. The molecule has 2 aromatic carbocycles. The smallest absolute Gasteiger partial charge is 0.123 e. The summed E-state index contributed by atoms with van der Waals surface area (Å²) in [5, 5.41) is 3.48. The second kappa shape index (κ2) is 6.27. The third kappa shape index (κ3) is 3.42. The van der Waals surface area contributed by atoms with Crippen molar-refractivity contribution in [2.75, 3.05) is 13.2 Å². The third-order valence-electron chi connectivity index (χ3n) is 3.99. The Morgan fingerprint density at radius 3 is 2.81 bits per heavy atom. The number of ether oxygens (including phenoxy) is 1. The standard InChI is InChI=1S/C18H20FNO/c1-13(15-3-5-17(19)6-4-15)20-10-8-14-2-7-18-16(12-14)9-11-21-18/h2-7,12-13,20H,8-11H2,1H3/t13-/m0/s1. The largest absolute Gasteiger partial charge is 0.493 e. The highest BCUT2D eigenvalue weighted by Crippen LogP contribution is 2.26. The summed E-state index contributed by atoms with van der Waals surface area (Å²) in [7, 11) is 0. The average molecular weight is 285 g/mol. The zero-order valence-electron chi connectivity index (χ0n) is 12.2. The fraction of sp³-hybridized carbons (Fsp3) is 0.333. The Balaban J connectivity index is 1.52. The van der Waals surface area contributed by atoms with Gasteiger partial charge >= 0.3 is 0 Å². The quantitative estimate of drug-likeness (QED) is 0.905. The fourth-order valence-electron chi connectivity index (χ4n) is 2.70. The molecule has 3 rings (SSSR count). The van der Waals surface area contributed by atoms with Gasteiger partial charge in [0.05, 0.1) is 6.61 Å². The maximum absolute atomic E-state index is 12.9. The lowest BCUT2D eigenvalue weighted by atomic mass is 10.1. The van der Waals surface area contributed by atoms with E-state index < -0.39 is 0 Å². The van der Waals surface area contributed by atoms with E-state index in [9.17, 15) is 4.39 Å². The monoisotopic (exact) mass is 285 g/mol. The van der Waals surface area contributed by atoms with E-state index in [0.717, 1.165) is 37.3 Å². The molecule has 2 aromatic rings. The lowest BCUT2D eigenvalue weighted by Crippen LogP contribution is -2.21. The van der Waals surface area contributed by atoms with Gasteiger partial charge in [-0.05, 0) is 54.8 Å². The Labute approximate surface area is 125 Å². The Morgan fingerprint density at radius 1 is 1.19 bits per heavy atom. The molecule has 1 aliphatic heterocycles. The molecule has 1 heterocycles. The predicted molar refractivity (Wildman–Crippen MR) is 82.2 cm³/mol. The molecule has 3 heteroatoms. The third-order valence-corrected chi connectivity index (χ3v) is 3.99. The minimum Gasteiger partial charge on any atom is -0.493 e. The van der Waals surface area contributed by atoms with E-state index in [0.29, 0.717) is 0 Å². The number of hydrogen-bond acceptors (Lipinski definition) is 2. The number of benzene rings is 2. The molecule has 0 bridgehead atoms. The van der Waals surface area contributed by atoms with Crippen LogP contribution in [0.1, 0.15) is 29.7 Å². The molecule has 0 saturated heterocycles. The molecule has 1 N–H and O–H groups in total. The number of hydrogen-bond donors (Lipinski definition) is 1. The molecule has 0 amide bonds. The summed E-state index contributed by atoms with van der Waals surface area (Å²) in [6.07, 6.45) is 2.00. The van der Waals surface area contributed by atoms with Gasteiger partial charge < -0.3 is 10.1 Å². The van der Waals surface area contributed by atoms with Crippen LogP contribution in [0, 0.1) is 5.82 Å². The minimum absolute atomic E-state index is 0.189. The molecule has 2 nitrogen and oxygen atoms in total. The van der Waals surface area contributed by atoms with Gasteiger partial charge in [-0.15, -0.1) is 0 Å². The SMILES string of the molecule is C[C@H](NCCc1ccc2c(c1)CCO2)c1ccc(F)cc1. The highest BCUT2D eigenvalue weighted by Gasteiger charge is 2.12. The van der Waals surface area contributed by atoms with Crippen LogP contribution in [0.5, 0.6) is 5.75 Å². The highest BCUT2D eigenvalue weighted by atomic mass is 19.1. The van der Waals surface area contributed by atoms with E-state index in [2.05, 4.69) is 30.4 Å². The summed E-state index contributed by atoms with van der Waals surface area (Å²) in [6, 6.07) is 13.4. The van der Waals surface area contributed by atoms with Gasteiger partial charge in [-0.3, -0.25) is 0 Å². The van der Waals surface area contributed by atoms with Gasteiger partial charge in [0.25, 0.3) is 0 Å². The first-order valence-corrected chi connectivity index (χ1v) is 7.46. The molecule has 0 aliphatic carbocycles. The van der Waals surface area contributed by atoms with Gasteiger partial charge in [0.2, 0.25) is 0 Å². The van der Waals surface area contributed by atoms with Crippen molar-refractivity contribution in [1.29, 1.82) is 0 Å². The Bertz CT molecular complexity index is 609. The van der Waals surface area contributed by atoms with E-state index in [-0.39, 0.29) is 11.9 Å². The first-order valence-electron chi connectivity index (χ1n) is 7.46. The maximum Gasteiger partial charge on any atom is 0.123 e. The van der Waals surface area contributed by atoms with Crippen molar-refractivity contribution in [2.45, 2.75) is 25.8 Å². The summed E-state index contributed by atoms with van der Waals surface area (Å²) in [4.78, 5) is 0. The fourth-order valence-corrected chi connectivity index (χ4v) is 2.70. The van der Waals surface area contributed by atoms with E-state index in [1.165, 1.54) is 23.3 Å². The van der Waals surface area contributed by atoms with Gasteiger partial charge in [0.15, 0.2) is 0 Å². The van der Waals surface area contributed by atoms with Gasteiger partial charge in [-0.2, -0.15) is 0 Å². The van der Waals surface area contributed by atoms with E-state index >= 15 is 0 Å². The summed E-state index contributed by atoms with van der Waals surface area (Å²) < 4.78 is 18.4. The molecule has 0 saturated carbocycles. The second-order valence-electron chi connectivity index (χ2n) is 5.52. The molecule has 110 valence electrons. The summed E-state index contributed by atoms with van der Waals surface area (Å²) >= 11 is 0. The topological polar surface area (TPSA) is 21.3 Å². The van der Waals surface area contributed by atoms with E-state index in [1.807, 2.05) is 12.1 Å². The molecular weight excluding hydrogens is 265 g/mol. The maximum atomic E-state index is 12.9. The zero-order valence-corrected chi connectivity index (χ0v) is 12.2. The summed E-state index contributed by atoms with van der Waals surface area (Å²) in [6.45, 7) is 3.81. The predicted octanol–water partition coefficient (Wildman–Crippen LogP) is 3.65. The van der Waals surface area contributed by atoms with Crippen LogP contribution in [-0.4, -0.2) is 13.2 Å². The molecule has 0 radical (unpaired) electrons. The van der Waals surface area contributed by atoms with Gasteiger partial charge in [-0.25, -0.2) is 4.39 Å². The van der Waals surface area contributed by atoms with Gasteiger partial charge in [-0.1, -0.05) is 24.3 Å². The Morgan fingerprint density at radius 2 is 2.00 bits per heavy atom. The molecule has 0 aromatic heterocycles. The first-order chi connectivity index (χ1) is 10.2. The molecule has 21 heavy (non-hydrogen) atoms. The van der Waals surface area contributed by atoms with Crippen molar-refractivity contribution in [3.05, 3.63) is 65.0 Å². The van der Waals surface area contributed by atoms with Crippen molar-refractivity contribution >= 4 is 0 Å². The number of fused-ring (bicyclic) bond motifs is 1. The average Bonchev–Trinajstić information content (AvgIpc) is 2.95. The first kappa shape index (κ1) is 14.1. The molecule has 0 fully saturated rings. The number of rotatable bonds is 5. The van der Waals surface area contributed by atoms with Crippen LogP contribution in [0.15, 0.2) is 42.5 Å². The second-order valence-corrected chi connectivity index (χ2v) is 5.52. The van der Waals surface area contributed by atoms with Crippen LogP contribution in [0.3, 0.4) is 0 Å². The normalized spacial score (nSPS) is 14.6. The molecular formula is C18H20FNO. The van der Waals surface area contributed by atoms with Crippen LogP contribution in [0.25, 0.3) is 0 Å². The zero-order chi connectivity index (χ0) is 14.7. The molecule has 0 unspecified atom stereocenters.